The number of hydrogen-bond donors (Lipinski definition) is 0. The monoisotopic (exact) mass is 215 g/mol. The Labute approximate surface area is 69.4 Å². The fourth-order valence-electron chi connectivity index (χ4n) is 0.657. The molecule has 50 valence electrons. The summed E-state index contributed by atoms with van der Waals surface area (Å²) in [6.07, 6.45) is 3.48. The van der Waals surface area contributed by atoms with Gasteiger partial charge in [0, 0.05) is 0 Å². The van der Waals surface area contributed by atoms with E-state index in [4.69, 9.17) is 0 Å². The van der Waals surface area contributed by atoms with Crippen molar-refractivity contribution in [3.63, 3.8) is 0 Å². The van der Waals surface area contributed by atoms with E-state index in [0.29, 0.717) is 4.73 Å². The van der Waals surface area contributed by atoms with Gasteiger partial charge in [0.25, 0.3) is 0 Å². The molecule has 0 unspecified atom stereocenters. The highest BCUT2D eigenvalue weighted by Crippen LogP contribution is 2.15. The second kappa shape index (κ2) is 2.25. The molecule has 0 aliphatic carbocycles. The van der Waals surface area contributed by atoms with Crippen LogP contribution in [0.2, 0.25) is 0 Å². The molecule has 2 aromatic rings. The van der Waals surface area contributed by atoms with Crippen LogP contribution in [0.1, 0.15) is 0 Å². The van der Waals surface area contributed by atoms with Crippen LogP contribution in [0.5, 0.6) is 0 Å². The molecular weight excluding hydrogens is 214 g/mol. The number of halogens is 1. The minimum Gasteiger partial charge on any atom is -0.229 e. The zero-order chi connectivity index (χ0) is 6.97. The number of nitrogens with zero attached hydrogens (tertiary/aromatic N) is 3. The van der Waals surface area contributed by atoms with Gasteiger partial charge in [0.15, 0.2) is 4.73 Å². The largest absolute Gasteiger partial charge is 0.229 e. The molecule has 5 heteroatoms. The van der Waals surface area contributed by atoms with E-state index in [1.54, 1.807) is 12.4 Å². The van der Waals surface area contributed by atoms with Gasteiger partial charge >= 0.3 is 0 Å². The predicted octanol–water partition coefficient (Wildman–Crippen LogP) is 1.85. The second-order valence-corrected chi connectivity index (χ2v) is 3.26. The number of fused-ring (bicyclic) bond motifs is 1. The van der Waals surface area contributed by atoms with E-state index in [1.165, 1.54) is 11.5 Å². The number of rotatable bonds is 0. The molecule has 0 radical (unpaired) electrons. The highest BCUT2D eigenvalue weighted by molar-refractivity contribution is 9.10. The van der Waals surface area contributed by atoms with Gasteiger partial charge in [-0.2, -0.15) is 4.37 Å². The minimum atomic E-state index is 0.611. The Morgan fingerprint density at radius 2 is 2.30 bits per heavy atom. The molecule has 2 aromatic heterocycles. The lowest BCUT2D eigenvalue weighted by atomic mass is 10.5. The minimum absolute atomic E-state index is 0.611. The summed E-state index contributed by atoms with van der Waals surface area (Å²) in [5.74, 6) is 0. The quantitative estimate of drug-likeness (QED) is 0.630. The lowest BCUT2D eigenvalue weighted by Crippen LogP contribution is -1.78. The molecule has 0 amide bonds. The number of aromatic nitrogens is 3. The molecule has 2 heterocycles. The van der Waals surface area contributed by atoms with Crippen LogP contribution < -0.4 is 0 Å². The molecular formula is C5H2BrN3S. The zero-order valence-corrected chi connectivity index (χ0v) is 7.19. The molecule has 0 bridgehead atoms. The first-order valence-electron chi connectivity index (χ1n) is 2.59. The molecule has 10 heavy (non-hydrogen) atoms. The van der Waals surface area contributed by atoms with Gasteiger partial charge in [0.05, 0.1) is 17.1 Å². The van der Waals surface area contributed by atoms with Crippen molar-refractivity contribution in [2.75, 3.05) is 0 Å². The molecule has 0 N–H and O–H groups in total. The van der Waals surface area contributed by atoms with Crippen molar-refractivity contribution in [1.82, 2.24) is 14.3 Å². The average molecular weight is 216 g/mol. The third-order valence-corrected chi connectivity index (χ3v) is 2.18. The van der Waals surface area contributed by atoms with Crippen LogP contribution in [-0.2, 0) is 0 Å². The Morgan fingerprint density at radius 1 is 1.40 bits per heavy atom. The smallest absolute Gasteiger partial charge is 0.197 e. The lowest BCUT2D eigenvalue weighted by Gasteiger charge is -1.85. The summed E-state index contributed by atoms with van der Waals surface area (Å²) in [7, 11) is 0. The van der Waals surface area contributed by atoms with Gasteiger partial charge in [-0.25, -0.2) is 9.97 Å². The van der Waals surface area contributed by atoms with Gasteiger partial charge in [-0.05, 0) is 27.5 Å². The Kier molecular flexibility index (Phi) is 1.39. The molecule has 0 atom stereocenters. The van der Waals surface area contributed by atoms with Gasteiger partial charge in [-0.15, -0.1) is 0 Å². The van der Waals surface area contributed by atoms with Gasteiger partial charge in [0.2, 0.25) is 0 Å². The zero-order valence-electron chi connectivity index (χ0n) is 4.78. The Bertz CT molecular complexity index is 358. The molecule has 0 aliphatic heterocycles. The van der Waals surface area contributed by atoms with Crippen LogP contribution in [0.3, 0.4) is 0 Å². The fourth-order valence-corrected chi connectivity index (χ4v) is 1.51. The van der Waals surface area contributed by atoms with Crippen LogP contribution in [0.4, 0.5) is 0 Å². The van der Waals surface area contributed by atoms with E-state index in [-0.39, 0.29) is 0 Å². The molecule has 0 aliphatic rings. The van der Waals surface area contributed by atoms with Crippen molar-refractivity contribution in [2.24, 2.45) is 0 Å². The van der Waals surface area contributed by atoms with Crippen molar-refractivity contribution >= 4 is 37.7 Å². The highest BCUT2D eigenvalue weighted by atomic mass is 79.9. The summed E-state index contributed by atoms with van der Waals surface area (Å²) in [5.41, 5.74) is 0.895. The van der Waals surface area contributed by atoms with Crippen LogP contribution in [0.25, 0.3) is 10.2 Å². The average Bonchev–Trinajstić information content (AvgIpc) is 2.33. The van der Waals surface area contributed by atoms with Crippen molar-refractivity contribution < 1.29 is 0 Å². The molecule has 0 aromatic carbocycles. The molecule has 0 saturated heterocycles. The lowest BCUT2D eigenvalue weighted by molar-refractivity contribution is 1.16. The van der Waals surface area contributed by atoms with Crippen LogP contribution in [0.15, 0.2) is 17.1 Å². The molecule has 0 saturated carbocycles. The summed E-state index contributed by atoms with van der Waals surface area (Å²) in [5, 5.41) is 0. The van der Waals surface area contributed by atoms with E-state index in [2.05, 4.69) is 30.3 Å². The topological polar surface area (TPSA) is 38.7 Å². The molecule has 0 spiro atoms. The molecule has 3 nitrogen and oxygen atoms in total. The van der Waals surface area contributed by atoms with E-state index >= 15 is 0 Å². The summed E-state index contributed by atoms with van der Waals surface area (Å²) < 4.78 is 5.59. The first kappa shape index (κ1) is 6.18. The van der Waals surface area contributed by atoms with E-state index < -0.39 is 0 Å². The third-order valence-electron chi connectivity index (χ3n) is 1.08. The summed E-state index contributed by atoms with van der Waals surface area (Å²) in [6.45, 7) is 0. The summed E-state index contributed by atoms with van der Waals surface area (Å²) >= 11 is 4.57. The van der Waals surface area contributed by atoms with Crippen LogP contribution >= 0.6 is 27.5 Å². The SMILES string of the molecule is Brc1ncc2sncc2n1. The fraction of sp³-hybridized carbons (Fsp3) is 0. The number of hydrogen-bond acceptors (Lipinski definition) is 4. The Hall–Kier alpha value is -0.550. The normalized spacial score (nSPS) is 10.5. The van der Waals surface area contributed by atoms with Crippen molar-refractivity contribution in [1.29, 1.82) is 0 Å². The van der Waals surface area contributed by atoms with Crippen LogP contribution in [-0.4, -0.2) is 14.3 Å². The standard InChI is InChI=1S/C5H2BrN3S/c6-5-7-2-4-3(9-5)1-8-10-4/h1-2H. The Balaban J connectivity index is 2.86. The van der Waals surface area contributed by atoms with Gasteiger partial charge < -0.3 is 0 Å². The maximum absolute atomic E-state index is 4.09. The first-order valence-corrected chi connectivity index (χ1v) is 4.16. The maximum atomic E-state index is 4.09. The van der Waals surface area contributed by atoms with Crippen molar-refractivity contribution in [3.8, 4) is 0 Å². The Morgan fingerprint density at radius 3 is 3.20 bits per heavy atom. The predicted molar refractivity (Wildman–Crippen MR) is 42.9 cm³/mol. The first-order chi connectivity index (χ1) is 4.86. The van der Waals surface area contributed by atoms with Crippen LogP contribution in [0, 0.1) is 0 Å². The maximum Gasteiger partial charge on any atom is 0.197 e. The van der Waals surface area contributed by atoms with Gasteiger partial charge in [0.1, 0.15) is 5.52 Å². The van der Waals surface area contributed by atoms with E-state index in [1.807, 2.05) is 0 Å². The third kappa shape index (κ3) is 0.911. The van der Waals surface area contributed by atoms with E-state index in [9.17, 15) is 0 Å². The van der Waals surface area contributed by atoms with Gasteiger partial charge in [-0.3, -0.25) is 0 Å². The second-order valence-electron chi connectivity index (χ2n) is 1.71. The van der Waals surface area contributed by atoms with Gasteiger partial charge in [-0.1, -0.05) is 0 Å². The summed E-state index contributed by atoms with van der Waals surface area (Å²) in [4.78, 5) is 8.04. The highest BCUT2D eigenvalue weighted by Gasteiger charge is 1.97. The molecule has 0 fully saturated rings. The molecule has 2 rings (SSSR count). The van der Waals surface area contributed by atoms with Crippen molar-refractivity contribution in [3.05, 3.63) is 17.1 Å². The van der Waals surface area contributed by atoms with Crippen molar-refractivity contribution in [2.45, 2.75) is 0 Å². The van der Waals surface area contributed by atoms with E-state index in [0.717, 1.165) is 10.2 Å². The summed E-state index contributed by atoms with van der Waals surface area (Å²) in [6, 6.07) is 0.